The molecule has 0 spiro atoms. The van der Waals surface area contributed by atoms with Crippen molar-refractivity contribution in [1.29, 1.82) is 0 Å². The van der Waals surface area contributed by atoms with Gasteiger partial charge in [0.25, 0.3) is 0 Å². The molecule has 0 unspecified atom stereocenters. The van der Waals surface area contributed by atoms with Gasteiger partial charge in [0.2, 0.25) is 6.29 Å². The number of hydrogen-bond acceptors (Lipinski definition) is 7. The summed E-state index contributed by atoms with van der Waals surface area (Å²) >= 11 is 10.9. The van der Waals surface area contributed by atoms with Crippen LogP contribution in [0.2, 0.25) is 5.02 Å². The van der Waals surface area contributed by atoms with Crippen LogP contribution < -0.4 is 9.47 Å². The Hall–Kier alpha value is -1.90. The molecule has 0 radical (unpaired) electrons. The highest BCUT2D eigenvalue weighted by molar-refractivity contribution is 7.79. The van der Waals surface area contributed by atoms with Crippen LogP contribution in [0.3, 0.4) is 0 Å². The second-order valence-electron chi connectivity index (χ2n) is 5.58. The molecule has 1 aliphatic rings. The number of para-hydroxylation sites is 1. The molecular weight excluding hydrogens is 380 g/mol. The summed E-state index contributed by atoms with van der Waals surface area (Å²) in [6.07, 6.45) is -4.47. The normalized spacial score (nSPS) is 25.3. The first-order valence-electron chi connectivity index (χ1n) is 7.86. The molecule has 0 aliphatic carbocycles. The molecule has 1 saturated heterocycles. The van der Waals surface area contributed by atoms with E-state index in [-0.39, 0.29) is 11.8 Å². The molecule has 0 saturated carbocycles. The summed E-state index contributed by atoms with van der Waals surface area (Å²) < 4.78 is 22.1. The van der Waals surface area contributed by atoms with Gasteiger partial charge in [0, 0.05) is 17.2 Å². The third-order valence-corrected chi connectivity index (χ3v) is 4.10. The number of benzene rings is 2. The van der Waals surface area contributed by atoms with Crippen LogP contribution in [0.25, 0.3) is 0 Å². The van der Waals surface area contributed by atoms with Gasteiger partial charge in [-0.05, 0) is 36.4 Å². The van der Waals surface area contributed by atoms with Crippen molar-refractivity contribution in [2.45, 2.75) is 24.6 Å². The molecule has 0 amide bonds. The van der Waals surface area contributed by atoms with Gasteiger partial charge >= 0.3 is 5.24 Å². The monoisotopic (exact) mass is 396 g/mol. The molecule has 2 aromatic carbocycles. The summed E-state index contributed by atoms with van der Waals surface area (Å²) in [5.74, 6) is 0.950. The number of halogens is 1. The Morgan fingerprint density at radius 3 is 2.42 bits per heavy atom. The molecule has 1 aliphatic heterocycles. The van der Waals surface area contributed by atoms with Gasteiger partial charge in [0.15, 0.2) is 6.10 Å². The van der Waals surface area contributed by atoms with Gasteiger partial charge in [0.1, 0.15) is 23.7 Å². The summed E-state index contributed by atoms with van der Waals surface area (Å²) in [4.78, 5) is 0. The lowest BCUT2D eigenvalue weighted by Crippen LogP contribution is -2.56. The Bertz CT molecular complexity index is 726. The maximum Gasteiger partial charge on any atom is 0.358 e. The average molecular weight is 397 g/mol. The molecule has 138 valence electrons. The molecule has 2 N–H and O–H groups in total. The second-order valence-corrected chi connectivity index (χ2v) is 6.35. The topological polar surface area (TPSA) is 77.4 Å². The van der Waals surface area contributed by atoms with Crippen LogP contribution in [0.5, 0.6) is 11.5 Å². The van der Waals surface area contributed by atoms with E-state index < -0.39 is 24.6 Å². The quantitative estimate of drug-likeness (QED) is 0.769. The summed E-state index contributed by atoms with van der Waals surface area (Å²) in [6, 6.07) is 15.4. The van der Waals surface area contributed by atoms with Gasteiger partial charge in [-0.2, -0.15) is 0 Å². The Labute approximate surface area is 160 Å². The van der Waals surface area contributed by atoms with Gasteiger partial charge in [-0.15, -0.1) is 0 Å². The number of aliphatic hydroxyl groups is 2. The molecule has 0 aromatic heterocycles. The molecule has 6 nitrogen and oxygen atoms in total. The molecule has 1 heterocycles. The fourth-order valence-corrected chi connectivity index (χ4v) is 2.69. The third kappa shape index (κ3) is 4.84. The summed E-state index contributed by atoms with van der Waals surface area (Å²) in [7, 11) is 0. The zero-order valence-corrected chi connectivity index (χ0v) is 15.1. The number of hydrogen-bond donors (Lipinski definition) is 2. The van der Waals surface area contributed by atoms with Gasteiger partial charge in [-0.3, -0.25) is 0 Å². The van der Waals surface area contributed by atoms with E-state index >= 15 is 0 Å². The van der Waals surface area contributed by atoms with E-state index in [4.69, 9.17) is 42.8 Å². The van der Waals surface area contributed by atoms with E-state index in [1.807, 2.05) is 6.07 Å². The molecule has 0 bridgehead atoms. The lowest BCUT2D eigenvalue weighted by molar-refractivity contribution is -0.239. The van der Waals surface area contributed by atoms with Crippen LogP contribution in [0.15, 0.2) is 54.6 Å². The van der Waals surface area contributed by atoms with E-state index in [1.54, 1.807) is 48.5 Å². The van der Waals surface area contributed by atoms with Crippen LogP contribution in [-0.4, -0.2) is 46.7 Å². The van der Waals surface area contributed by atoms with E-state index in [0.29, 0.717) is 16.5 Å². The molecule has 1 fully saturated rings. The van der Waals surface area contributed by atoms with Crippen molar-refractivity contribution in [1.82, 2.24) is 0 Å². The second kappa shape index (κ2) is 8.66. The zero-order chi connectivity index (χ0) is 18.5. The van der Waals surface area contributed by atoms with Crippen LogP contribution in [-0.2, 0) is 9.47 Å². The Morgan fingerprint density at radius 2 is 1.73 bits per heavy atom. The van der Waals surface area contributed by atoms with Crippen LogP contribution in [0, 0.1) is 0 Å². The van der Waals surface area contributed by atoms with Crippen molar-refractivity contribution in [2.24, 2.45) is 0 Å². The first kappa shape index (κ1) is 18.9. The van der Waals surface area contributed by atoms with Crippen molar-refractivity contribution < 1.29 is 29.2 Å². The van der Waals surface area contributed by atoms with Crippen LogP contribution in [0.1, 0.15) is 0 Å². The Morgan fingerprint density at radius 1 is 1.04 bits per heavy atom. The highest BCUT2D eigenvalue weighted by Crippen LogP contribution is 2.24. The highest BCUT2D eigenvalue weighted by atomic mass is 35.5. The standard InChI is InChI=1S/C18H17ClO6S/c19-11-6-8-13(9-7-11)23-17-16(15(21)14(20)10-22-17)25-18(26)24-12-4-2-1-3-5-12/h1-9,14-17,20-21H,10H2/t14-,15+,16-,17-/m1/s1. The maximum atomic E-state index is 10.3. The largest absolute Gasteiger partial charge is 0.461 e. The lowest BCUT2D eigenvalue weighted by Gasteiger charge is -2.37. The van der Waals surface area contributed by atoms with Crippen molar-refractivity contribution in [3.05, 3.63) is 59.6 Å². The van der Waals surface area contributed by atoms with Gasteiger partial charge in [-0.25, -0.2) is 0 Å². The summed E-state index contributed by atoms with van der Waals surface area (Å²) in [6.45, 7) is -0.106. The smallest absolute Gasteiger partial charge is 0.358 e. The minimum atomic E-state index is -1.27. The van der Waals surface area contributed by atoms with Gasteiger partial charge < -0.3 is 29.2 Å². The molecule has 4 atom stereocenters. The Balaban J connectivity index is 1.69. The molecule has 26 heavy (non-hydrogen) atoms. The average Bonchev–Trinajstić information content (AvgIpc) is 2.64. The minimum Gasteiger partial charge on any atom is -0.461 e. The van der Waals surface area contributed by atoms with E-state index in [0.717, 1.165) is 0 Å². The summed E-state index contributed by atoms with van der Waals surface area (Å²) in [5.41, 5.74) is 0. The van der Waals surface area contributed by atoms with Crippen molar-refractivity contribution >= 4 is 29.1 Å². The number of aliphatic hydroxyl groups excluding tert-OH is 2. The number of ether oxygens (including phenoxy) is 4. The predicted octanol–water partition coefficient (Wildman–Crippen LogP) is 2.55. The van der Waals surface area contributed by atoms with Crippen LogP contribution in [0.4, 0.5) is 0 Å². The molecular formula is C18H17ClO6S. The van der Waals surface area contributed by atoms with Crippen molar-refractivity contribution in [3.63, 3.8) is 0 Å². The van der Waals surface area contributed by atoms with Crippen LogP contribution >= 0.6 is 23.8 Å². The van der Waals surface area contributed by atoms with Crippen molar-refractivity contribution in [3.8, 4) is 11.5 Å². The minimum absolute atomic E-state index is 0.106. The van der Waals surface area contributed by atoms with E-state index in [9.17, 15) is 10.2 Å². The SMILES string of the molecule is O[C@@H]1[C@@H](OC(=S)Oc2ccccc2)[C@@H](Oc2ccc(Cl)cc2)OC[C@H]1O. The molecule has 3 rings (SSSR count). The summed E-state index contributed by atoms with van der Waals surface area (Å²) in [5, 5.41) is 20.5. The zero-order valence-electron chi connectivity index (χ0n) is 13.5. The molecule has 2 aromatic rings. The van der Waals surface area contributed by atoms with Gasteiger partial charge in [0.05, 0.1) is 6.61 Å². The first-order chi connectivity index (χ1) is 12.5. The van der Waals surface area contributed by atoms with E-state index in [1.165, 1.54) is 0 Å². The molecule has 8 heteroatoms. The fraction of sp³-hybridized carbons (Fsp3) is 0.278. The number of thiocarbonyl (C=S) groups is 1. The van der Waals surface area contributed by atoms with Gasteiger partial charge in [-0.1, -0.05) is 29.8 Å². The van der Waals surface area contributed by atoms with Crippen molar-refractivity contribution in [2.75, 3.05) is 6.61 Å². The number of rotatable bonds is 4. The lowest BCUT2D eigenvalue weighted by atomic mass is 10.1. The Kier molecular flexibility index (Phi) is 6.29. The first-order valence-corrected chi connectivity index (χ1v) is 8.65. The third-order valence-electron chi connectivity index (χ3n) is 3.67. The predicted molar refractivity (Wildman–Crippen MR) is 98.4 cm³/mol. The van der Waals surface area contributed by atoms with E-state index in [2.05, 4.69) is 0 Å². The fourth-order valence-electron chi connectivity index (χ4n) is 2.36. The maximum absolute atomic E-state index is 10.3. The highest BCUT2D eigenvalue weighted by Gasteiger charge is 2.43.